The minimum absolute atomic E-state index is 0.780. The molecule has 0 radical (unpaired) electrons. The van der Waals surface area contributed by atoms with Gasteiger partial charge in [-0.1, -0.05) is 0 Å². The predicted molar refractivity (Wildman–Crippen MR) is 75.8 cm³/mol. The second kappa shape index (κ2) is 7.46. The largest absolute Gasteiger partial charge is 0.381 e. The van der Waals surface area contributed by atoms with Crippen molar-refractivity contribution < 1.29 is 4.74 Å². The molecule has 2 aliphatic rings. The maximum atomic E-state index is 5.43. The number of nitrogens with zero attached hydrogens (tertiary/aromatic N) is 1. The Morgan fingerprint density at radius 1 is 0.944 bits per heavy atom. The Morgan fingerprint density at radius 2 is 1.50 bits per heavy atom. The van der Waals surface area contributed by atoms with E-state index < -0.39 is 0 Å². The lowest BCUT2D eigenvalue weighted by molar-refractivity contribution is 0.0529. The van der Waals surface area contributed by atoms with Crippen LogP contribution in [0.3, 0.4) is 0 Å². The minimum Gasteiger partial charge on any atom is -0.381 e. The van der Waals surface area contributed by atoms with E-state index in [-0.39, 0.29) is 0 Å². The first-order valence-electron chi connectivity index (χ1n) is 7.71. The highest BCUT2D eigenvalue weighted by Crippen LogP contribution is 2.25. The van der Waals surface area contributed by atoms with Crippen LogP contribution in [-0.4, -0.2) is 51.3 Å². The fraction of sp³-hybridized carbons (Fsp3) is 1.00. The zero-order chi connectivity index (χ0) is 12.8. The summed E-state index contributed by atoms with van der Waals surface area (Å²) in [5.41, 5.74) is 0. The lowest BCUT2D eigenvalue weighted by Gasteiger charge is -2.33. The van der Waals surface area contributed by atoms with Crippen molar-refractivity contribution in [1.29, 1.82) is 0 Å². The second-order valence-corrected chi connectivity index (χ2v) is 6.28. The van der Waals surface area contributed by atoms with E-state index in [1.54, 1.807) is 0 Å². The Kier molecular flexibility index (Phi) is 5.93. The summed E-state index contributed by atoms with van der Waals surface area (Å²) in [5, 5.41) is 3.42. The first kappa shape index (κ1) is 14.3. The van der Waals surface area contributed by atoms with Crippen LogP contribution in [0.2, 0.25) is 0 Å². The molecule has 106 valence electrons. The molecule has 0 bridgehead atoms. The van der Waals surface area contributed by atoms with Gasteiger partial charge in [-0.15, -0.1) is 0 Å². The van der Waals surface area contributed by atoms with E-state index in [0.29, 0.717) is 0 Å². The van der Waals surface area contributed by atoms with Gasteiger partial charge in [0.05, 0.1) is 0 Å². The van der Waals surface area contributed by atoms with Gasteiger partial charge in [-0.3, -0.25) is 0 Å². The number of hydrogen-bond acceptors (Lipinski definition) is 3. The Hall–Kier alpha value is -0.120. The average molecular weight is 254 g/mol. The fourth-order valence-corrected chi connectivity index (χ4v) is 3.52. The Bertz CT molecular complexity index is 221. The van der Waals surface area contributed by atoms with Crippen LogP contribution in [-0.2, 0) is 4.74 Å². The van der Waals surface area contributed by atoms with E-state index in [1.165, 1.54) is 51.6 Å². The monoisotopic (exact) mass is 254 g/mol. The van der Waals surface area contributed by atoms with Gasteiger partial charge < -0.3 is 15.0 Å². The highest BCUT2D eigenvalue weighted by Gasteiger charge is 2.22. The first-order valence-corrected chi connectivity index (χ1v) is 7.71. The van der Waals surface area contributed by atoms with E-state index in [0.717, 1.165) is 31.1 Å². The molecular weight excluding hydrogens is 224 g/mol. The number of nitrogens with one attached hydrogen (secondary N) is 1. The molecule has 3 nitrogen and oxygen atoms in total. The maximum Gasteiger partial charge on any atom is 0.0469 e. The van der Waals surface area contributed by atoms with Crippen molar-refractivity contribution in [2.45, 2.75) is 44.6 Å². The molecule has 1 saturated carbocycles. The first-order chi connectivity index (χ1) is 8.78. The van der Waals surface area contributed by atoms with Crippen molar-refractivity contribution in [2.24, 2.45) is 11.8 Å². The summed E-state index contributed by atoms with van der Waals surface area (Å²) in [7, 11) is 4.40. The molecule has 0 aromatic rings. The molecule has 18 heavy (non-hydrogen) atoms. The van der Waals surface area contributed by atoms with Crippen LogP contribution >= 0.6 is 0 Å². The second-order valence-electron chi connectivity index (χ2n) is 6.28. The van der Waals surface area contributed by atoms with E-state index in [1.807, 2.05) is 0 Å². The van der Waals surface area contributed by atoms with Crippen molar-refractivity contribution in [3.8, 4) is 0 Å². The molecule has 2 rings (SSSR count). The summed E-state index contributed by atoms with van der Waals surface area (Å²) < 4.78 is 5.43. The van der Waals surface area contributed by atoms with E-state index in [2.05, 4.69) is 24.3 Å². The van der Waals surface area contributed by atoms with Gasteiger partial charge in [0.2, 0.25) is 0 Å². The molecule has 0 aromatic heterocycles. The quantitative estimate of drug-likeness (QED) is 0.813. The normalized spacial score (nSPS) is 30.8. The summed E-state index contributed by atoms with van der Waals surface area (Å²) in [5.74, 6) is 1.80. The van der Waals surface area contributed by atoms with E-state index in [4.69, 9.17) is 4.74 Å². The van der Waals surface area contributed by atoms with Crippen LogP contribution in [0.1, 0.15) is 38.5 Å². The molecule has 0 aromatic carbocycles. The molecule has 1 aliphatic carbocycles. The standard InChI is InChI=1S/C15H30N2O/c1-16-15-5-3-13(4-6-15)11-17(2)12-14-7-9-18-10-8-14/h13-16H,3-12H2,1-2H3. The summed E-state index contributed by atoms with van der Waals surface area (Å²) in [6.07, 6.45) is 8.07. The number of rotatable bonds is 5. The van der Waals surface area contributed by atoms with Gasteiger partial charge >= 0.3 is 0 Å². The van der Waals surface area contributed by atoms with Gasteiger partial charge in [0.25, 0.3) is 0 Å². The topological polar surface area (TPSA) is 24.5 Å². The third-order valence-electron chi connectivity index (χ3n) is 4.74. The van der Waals surface area contributed by atoms with Gasteiger partial charge in [-0.25, -0.2) is 0 Å². The molecule has 0 amide bonds. The zero-order valence-corrected chi connectivity index (χ0v) is 12.2. The van der Waals surface area contributed by atoms with Gasteiger partial charge in [0.15, 0.2) is 0 Å². The minimum atomic E-state index is 0.780. The van der Waals surface area contributed by atoms with Crippen molar-refractivity contribution in [2.75, 3.05) is 40.4 Å². The molecule has 1 aliphatic heterocycles. The van der Waals surface area contributed by atoms with Crippen molar-refractivity contribution in [3.63, 3.8) is 0 Å². The van der Waals surface area contributed by atoms with Crippen LogP contribution in [0.4, 0.5) is 0 Å². The molecular formula is C15H30N2O. The maximum absolute atomic E-state index is 5.43. The van der Waals surface area contributed by atoms with Gasteiger partial charge in [-0.2, -0.15) is 0 Å². The fourth-order valence-electron chi connectivity index (χ4n) is 3.52. The molecule has 0 atom stereocenters. The van der Waals surface area contributed by atoms with Crippen molar-refractivity contribution in [1.82, 2.24) is 10.2 Å². The van der Waals surface area contributed by atoms with Crippen molar-refractivity contribution >= 4 is 0 Å². The zero-order valence-electron chi connectivity index (χ0n) is 12.2. The summed E-state index contributed by atoms with van der Waals surface area (Å²) in [6, 6.07) is 0.780. The summed E-state index contributed by atoms with van der Waals surface area (Å²) >= 11 is 0. The molecule has 2 fully saturated rings. The SMILES string of the molecule is CNC1CCC(CN(C)CC2CCOCC2)CC1. The van der Waals surface area contributed by atoms with Crippen LogP contribution in [0.5, 0.6) is 0 Å². The Morgan fingerprint density at radius 3 is 2.06 bits per heavy atom. The number of ether oxygens (including phenoxy) is 1. The third kappa shape index (κ3) is 4.52. The average Bonchev–Trinajstić information content (AvgIpc) is 2.40. The highest BCUT2D eigenvalue weighted by molar-refractivity contribution is 4.78. The van der Waals surface area contributed by atoms with Crippen LogP contribution in [0.15, 0.2) is 0 Å². The molecule has 3 heteroatoms. The smallest absolute Gasteiger partial charge is 0.0469 e. The van der Waals surface area contributed by atoms with Gasteiger partial charge in [0.1, 0.15) is 0 Å². The lowest BCUT2D eigenvalue weighted by Crippen LogP contribution is -2.36. The number of hydrogen-bond donors (Lipinski definition) is 1. The molecule has 1 N–H and O–H groups in total. The van der Waals surface area contributed by atoms with E-state index >= 15 is 0 Å². The lowest BCUT2D eigenvalue weighted by atomic mass is 9.85. The van der Waals surface area contributed by atoms with Crippen LogP contribution in [0, 0.1) is 11.8 Å². The van der Waals surface area contributed by atoms with Gasteiger partial charge in [-0.05, 0) is 64.5 Å². The van der Waals surface area contributed by atoms with Crippen LogP contribution in [0.25, 0.3) is 0 Å². The molecule has 1 heterocycles. The Labute approximate surface area is 112 Å². The van der Waals surface area contributed by atoms with Crippen molar-refractivity contribution in [3.05, 3.63) is 0 Å². The molecule has 0 unspecified atom stereocenters. The molecule has 0 spiro atoms. The van der Waals surface area contributed by atoms with Crippen LogP contribution < -0.4 is 5.32 Å². The summed E-state index contributed by atoms with van der Waals surface area (Å²) in [4.78, 5) is 2.57. The van der Waals surface area contributed by atoms with E-state index in [9.17, 15) is 0 Å². The van der Waals surface area contributed by atoms with Gasteiger partial charge in [0, 0.05) is 32.3 Å². The summed E-state index contributed by atoms with van der Waals surface area (Å²) in [6.45, 7) is 4.53. The predicted octanol–water partition coefficient (Wildman–Crippen LogP) is 2.12. The Balaban J connectivity index is 1.63. The highest BCUT2D eigenvalue weighted by atomic mass is 16.5. The third-order valence-corrected chi connectivity index (χ3v) is 4.74. The molecule has 1 saturated heterocycles.